The fourth-order valence-corrected chi connectivity index (χ4v) is 1.20. The Labute approximate surface area is 98.2 Å². The minimum atomic E-state index is -0.250. The van der Waals surface area contributed by atoms with Crippen LogP contribution in [0.1, 0.15) is 6.42 Å². The van der Waals surface area contributed by atoms with Crippen LogP contribution in [0, 0.1) is 0 Å². The molecule has 0 radical (unpaired) electrons. The molecule has 6 nitrogen and oxygen atoms in total. The van der Waals surface area contributed by atoms with Crippen molar-refractivity contribution in [2.75, 3.05) is 14.1 Å². The second-order valence-corrected chi connectivity index (χ2v) is 3.61. The Morgan fingerprint density at radius 2 is 1.47 bits per heavy atom. The molecular formula is C11H12N2O4. The van der Waals surface area contributed by atoms with Crippen LogP contribution in [-0.4, -0.2) is 47.5 Å². The van der Waals surface area contributed by atoms with E-state index in [4.69, 9.17) is 0 Å². The predicted octanol–water partition coefficient (Wildman–Crippen LogP) is -0.527. The average molecular weight is 236 g/mol. The third-order valence-electron chi connectivity index (χ3n) is 2.38. The summed E-state index contributed by atoms with van der Waals surface area (Å²) in [5.74, 6) is -0.894. The maximum atomic E-state index is 10.7. The number of carbonyl (C=O) groups is 4. The van der Waals surface area contributed by atoms with Crippen LogP contribution in [0.15, 0.2) is 24.3 Å². The molecule has 0 bridgehead atoms. The molecule has 0 aromatic rings. The Bertz CT molecular complexity index is 432. The molecule has 0 saturated carbocycles. The van der Waals surface area contributed by atoms with E-state index in [1.807, 2.05) is 0 Å². The molecule has 0 N–H and O–H groups in total. The van der Waals surface area contributed by atoms with E-state index in [0.29, 0.717) is 5.57 Å². The van der Waals surface area contributed by atoms with Crippen molar-refractivity contribution in [2.45, 2.75) is 6.42 Å². The maximum Gasteiger partial charge on any atom is 0.256 e. The molecule has 0 aliphatic carbocycles. The Morgan fingerprint density at radius 3 is 1.59 bits per heavy atom. The summed E-state index contributed by atoms with van der Waals surface area (Å²) in [4.78, 5) is 44.3. The van der Waals surface area contributed by atoms with E-state index in [1.165, 1.54) is 26.2 Å². The van der Waals surface area contributed by atoms with Crippen molar-refractivity contribution in [2.24, 2.45) is 0 Å². The lowest BCUT2D eigenvalue weighted by molar-refractivity contribution is -0.137. The number of amides is 4. The van der Waals surface area contributed by atoms with E-state index in [2.05, 4.69) is 6.58 Å². The highest BCUT2D eigenvalue weighted by atomic mass is 16.2. The van der Waals surface area contributed by atoms with E-state index in [0.717, 1.165) is 9.80 Å². The van der Waals surface area contributed by atoms with Crippen LogP contribution >= 0.6 is 0 Å². The number of nitrogens with zero attached hydrogens (tertiary/aromatic N) is 2. The van der Waals surface area contributed by atoms with Crippen LogP contribution < -0.4 is 0 Å². The molecule has 2 aliphatic heterocycles. The third kappa shape index (κ3) is 2.66. The second kappa shape index (κ2) is 4.73. The van der Waals surface area contributed by atoms with Gasteiger partial charge in [-0.15, -0.1) is 0 Å². The van der Waals surface area contributed by atoms with Gasteiger partial charge in [0, 0.05) is 31.8 Å². The quantitative estimate of drug-likeness (QED) is 0.418. The number of hydrogen-bond acceptors (Lipinski definition) is 4. The molecule has 2 heterocycles. The number of likely N-dealkylation sites (N-methyl/N-ethyl adjacent to an activating group) is 2. The predicted molar refractivity (Wildman–Crippen MR) is 58.5 cm³/mol. The maximum absolute atomic E-state index is 10.7. The van der Waals surface area contributed by atoms with Gasteiger partial charge in [0.25, 0.3) is 17.7 Å². The lowest BCUT2D eigenvalue weighted by atomic mass is 10.3. The van der Waals surface area contributed by atoms with Gasteiger partial charge in [-0.05, 0) is 0 Å². The summed E-state index contributed by atoms with van der Waals surface area (Å²) >= 11 is 0. The molecular weight excluding hydrogens is 224 g/mol. The van der Waals surface area contributed by atoms with Crippen molar-refractivity contribution in [3.8, 4) is 0 Å². The number of rotatable bonds is 0. The van der Waals surface area contributed by atoms with Gasteiger partial charge >= 0.3 is 0 Å². The van der Waals surface area contributed by atoms with Crippen molar-refractivity contribution in [3.63, 3.8) is 0 Å². The first-order valence-corrected chi connectivity index (χ1v) is 4.83. The molecule has 2 rings (SSSR count). The van der Waals surface area contributed by atoms with Gasteiger partial charge in [-0.1, -0.05) is 6.58 Å². The van der Waals surface area contributed by atoms with E-state index in [1.54, 1.807) is 0 Å². The molecule has 6 heteroatoms. The van der Waals surface area contributed by atoms with Crippen molar-refractivity contribution < 1.29 is 19.2 Å². The fourth-order valence-electron chi connectivity index (χ4n) is 1.20. The van der Waals surface area contributed by atoms with Gasteiger partial charge in [0.15, 0.2) is 0 Å². The van der Waals surface area contributed by atoms with Crippen LogP contribution in [0.5, 0.6) is 0 Å². The second-order valence-electron chi connectivity index (χ2n) is 3.61. The van der Waals surface area contributed by atoms with E-state index < -0.39 is 0 Å². The smallest absolute Gasteiger partial charge is 0.256 e. The normalized spacial score (nSPS) is 19.1. The first-order chi connectivity index (χ1) is 7.84. The van der Waals surface area contributed by atoms with Gasteiger partial charge in [0.2, 0.25) is 5.91 Å². The topological polar surface area (TPSA) is 74.8 Å². The minimum absolute atomic E-state index is 0.162. The van der Waals surface area contributed by atoms with Crippen LogP contribution in [0.25, 0.3) is 0 Å². The average Bonchev–Trinajstić information content (AvgIpc) is 2.69. The van der Waals surface area contributed by atoms with E-state index >= 15 is 0 Å². The fraction of sp³-hybridized carbons (Fsp3) is 0.273. The number of hydrogen-bond donors (Lipinski definition) is 0. The largest absolute Gasteiger partial charge is 0.282 e. The summed E-state index contributed by atoms with van der Waals surface area (Å²) in [7, 11) is 2.91. The SMILES string of the molecule is C=C1CC(=O)N(C)C1=O.CN1C(=O)C=CC1=O. The highest BCUT2D eigenvalue weighted by molar-refractivity contribution is 6.13. The van der Waals surface area contributed by atoms with Gasteiger partial charge in [0.05, 0.1) is 6.42 Å². The van der Waals surface area contributed by atoms with Gasteiger partial charge in [-0.2, -0.15) is 0 Å². The van der Waals surface area contributed by atoms with Gasteiger partial charge in [-0.3, -0.25) is 29.0 Å². The molecule has 2 aliphatic rings. The monoisotopic (exact) mass is 236 g/mol. The number of imide groups is 2. The first kappa shape index (κ1) is 12.8. The molecule has 0 spiro atoms. The van der Waals surface area contributed by atoms with Gasteiger partial charge in [-0.25, -0.2) is 0 Å². The summed E-state index contributed by atoms with van der Waals surface area (Å²) in [6.07, 6.45) is 2.69. The van der Waals surface area contributed by atoms with Crippen molar-refractivity contribution in [1.29, 1.82) is 0 Å². The van der Waals surface area contributed by atoms with Crippen LogP contribution in [0.2, 0.25) is 0 Å². The summed E-state index contributed by atoms with van der Waals surface area (Å²) in [5.41, 5.74) is 0.391. The van der Waals surface area contributed by atoms with Crippen molar-refractivity contribution >= 4 is 23.6 Å². The van der Waals surface area contributed by atoms with Crippen molar-refractivity contribution in [1.82, 2.24) is 9.80 Å². The molecule has 0 aromatic carbocycles. The standard InChI is InChI=1S/C6H7NO2.C5H5NO2/c1-4-3-5(8)7(2)6(4)9;1-6-4(7)2-3-5(6)8/h1,3H2,2H3;2-3H,1H3. The highest BCUT2D eigenvalue weighted by Gasteiger charge is 2.28. The minimum Gasteiger partial charge on any atom is -0.282 e. The van der Waals surface area contributed by atoms with Crippen molar-refractivity contribution in [3.05, 3.63) is 24.3 Å². The van der Waals surface area contributed by atoms with Crippen LogP contribution in [0.4, 0.5) is 0 Å². The number of likely N-dealkylation sites (tertiary alicyclic amines) is 1. The Hall–Kier alpha value is -2.24. The molecule has 1 saturated heterocycles. The van der Waals surface area contributed by atoms with Gasteiger partial charge in [0.1, 0.15) is 0 Å². The third-order valence-corrected chi connectivity index (χ3v) is 2.38. The van der Waals surface area contributed by atoms with Crippen LogP contribution in [0.3, 0.4) is 0 Å². The molecule has 0 atom stereocenters. The summed E-state index contributed by atoms with van der Waals surface area (Å²) < 4.78 is 0. The summed E-state index contributed by atoms with van der Waals surface area (Å²) in [6.45, 7) is 3.42. The Kier molecular flexibility index (Phi) is 3.57. The van der Waals surface area contributed by atoms with Crippen LogP contribution in [-0.2, 0) is 19.2 Å². The molecule has 0 unspecified atom stereocenters. The molecule has 17 heavy (non-hydrogen) atoms. The molecule has 90 valence electrons. The Balaban J connectivity index is 0.000000171. The molecule has 1 fully saturated rings. The van der Waals surface area contributed by atoms with Gasteiger partial charge < -0.3 is 0 Å². The zero-order valence-corrected chi connectivity index (χ0v) is 9.60. The Morgan fingerprint density at radius 1 is 1.00 bits per heavy atom. The lowest BCUT2D eigenvalue weighted by Crippen LogP contribution is -2.24. The molecule has 0 aromatic heterocycles. The first-order valence-electron chi connectivity index (χ1n) is 4.83. The zero-order valence-electron chi connectivity index (χ0n) is 9.60. The summed E-state index contributed by atoms with van der Waals surface area (Å²) in [5, 5.41) is 0. The van der Waals surface area contributed by atoms with E-state index in [9.17, 15) is 19.2 Å². The lowest BCUT2D eigenvalue weighted by Gasteiger charge is -2.01. The summed E-state index contributed by atoms with van der Waals surface area (Å²) in [6, 6.07) is 0. The highest BCUT2D eigenvalue weighted by Crippen LogP contribution is 2.13. The van der Waals surface area contributed by atoms with E-state index in [-0.39, 0.29) is 30.0 Å². The molecule has 4 amide bonds. The number of carbonyl (C=O) groups excluding carboxylic acids is 4. The zero-order chi connectivity index (χ0) is 13.2.